The number of rotatable bonds is 5. The smallest absolute Gasteiger partial charge is 0.256 e. The monoisotopic (exact) mass is 359 g/mol. The van der Waals surface area contributed by atoms with E-state index in [1.54, 1.807) is 18.3 Å². The Kier molecular flexibility index (Phi) is 5.39. The Hall–Kier alpha value is -2.33. The van der Waals surface area contributed by atoms with Crippen molar-refractivity contribution in [2.75, 3.05) is 5.75 Å². The molecular formula is C18H18FN3O2S. The Bertz CT molecular complexity index is 776. The van der Waals surface area contributed by atoms with E-state index < -0.39 is 5.54 Å². The van der Waals surface area contributed by atoms with Gasteiger partial charge in [-0.1, -0.05) is 31.0 Å². The number of oxazole rings is 1. The molecule has 0 bridgehead atoms. The molecule has 130 valence electrons. The number of hydrogen-bond donors (Lipinski definition) is 1. The molecule has 1 aromatic heterocycles. The number of carbonyl (C=O) groups is 1. The van der Waals surface area contributed by atoms with E-state index in [2.05, 4.69) is 16.4 Å². The van der Waals surface area contributed by atoms with Gasteiger partial charge in [0, 0.05) is 5.56 Å². The minimum Gasteiger partial charge on any atom is -0.431 e. The normalized spacial score (nSPS) is 16.2. The van der Waals surface area contributed by atoms with Crippen LogP contribution in [0.25, 0.3) is 11.3 Å². The zero-order valence-corrected chi connectivity index (χ0v) is 14.4. The highest BCUT2D eigenvalue weighted by molar-refractivity contribution is 7.99. The lowest BCUT2D eigenvalue weighted by molar-refractivity contribution is -0.120. The first-order valence-corrected chi connectivity index (χ1v) is 9.16. The minimum atomic E-state index is -0.730. The van der Waals surface area contributed by atoms with Gasteiger partial charge in [0.1, 0.15) is 11.4 Å². The van der Waals surface area contributed by atoms with Crippen molar-refractivity contribution in [3.63, 3.8) is 0 Å². The second-order valence-electron chi connectivity index (χ2n) is 6.09. The second-order valence-corrected chi connectivity index (χ2v) is 7.02. The molecule has 0 spiro atoms. The number of halogens is 1. The van der Waals surface area contributed by atoms with Crippen molar-refractivity contribution in [3.8, 4) is 17.4 Å². The summed E-state index contributed by atoms with van der Waals surface area (Å²) in [5.74, 6) is 0.134. The summed E-state index contributed by atoms with van der Waals surface area (Å²) in [7, 11) is 0. The maximum atomic E-state index is 13.0. The van der Waals surface area contributed by atoms with Crippen LogP contribution in [0.4, 0.5) is 4.39 Å². The van der Waals surface area contributed by atoms with Gasteiger partial charge in [-0.25, -0.2) is 9.37 Å². The van der Waals surface area contributed by atoms with Gasteiger partial charge in [0.05, 0.1) is 18.0 Å². The number of hydrogen-bond acceptors (Lipinski definition) is 5. The number of carbonyl (C=O) groups excluding carboxylic acids is 1. The van der Waals surface area contributed by atoms with Gasteiger partial charge in [0.15, 0.2) is 5.76 Å². The van der Waals surface area contributed by atoms with Crippen molar-refractivity contribution < 1.29 is 13.6 Å². The molecule has 1 aromatic carbocycles. The third-order valence-corrected chi connectivity index (χ3v) is 5.08. The summed E-state index contributed by atoms with van der Waals surface area (Å²) < 4.78 is 18.5. The standard InChI is InChI=1S/C18H18FN3O2S/c19-14-6-4-13(5-7-14)15-10-21-17(24-15)25-11-16(23)22-18(12-20)8-2-1-3-9-18/h4-7,10H,1-3,8-9,11H2,(H,22,23). The second kappa shape index (κ2) is 7.70. The average Bonchev–Trinajstić information content (AvgIpc) is 3.10. The molecule has 1 heterocycles. The zero-order chi connectivity index (χ0) is 17.7. The van der Waals surface area contributed by atoms with Crippen LogP contribution in [0, 0.1) is 17.1 Å². The maximum absolute atomic E-state index is 13.0. The van der Waals surface area contributed by atoms with E-state index in [1.807, 2.05) is 0 Å². The third-order valence-electron chi connectivity index (χ3n) is 4.24. The Morgan fingerprint density at radius 3 is 2.72 bits per heavy atom. The van der Waals surface area contributed by atoms with E-state index in [1.165, 1.54) is 23.9 Å². The van der Waals surface area contributed by atoms with Crippen LogP contribution in [0.2, 0.25) is 0 Å². The fourth-order valence-electron chi connectivity index (χ4n) is 2.92. The molecular weight excluding hydrogens is 341 g/mol. The van der Waals surface area contributed by atoms with Crippen LogP contribution >= 0.6 is 11.8 Å². The topological polar surface area (TPSA) is 78.9 Å². The minimum absolute atomic E-state index is 0.132. The van der Waals surface area contributed by atoms with Gasteiger partial charge in [-0.15, -0.1) is 0 Å². The molecule has 1 aliphatic rings. The number of nitrogens with zero attached hydrogens (tertiary/aromatic N) is 2. The summed E-state index contributed by atoms with van der Waals surface area (Å²) in [6, 6.07) is 8.18. The van der Waals surface area contributed by atoms with Crippen LogP contribution in [-0.2, 0) is 4.79 Å². The summed E-state index contributed by atoms with van der Waals surface area (Å²) in [5.41, 5.74) is -0.0120. The Balaban J connectivity index is 1.56. The molecule has 1 N–H and O–H groups in total. The van der Waals surface area contributed by atoms with E-state index in [-0.39, 0.29) is 17.5 Å². The lowest BCUT2D eigenvalue weighted by atomic mass is 9.83. The quantitative estimate of drug-likeness (QED) is 0.819. The molecule has 25 heavy (non-hydrogen) atoms. The molecule has 0 atom stereocenters. The third kappa shape index (κ3) is 4.40. The number of nitrogens with one attached hydrogen (secondary N) is 1. The van der Waals surface area contributed by atoms with Gasteiger partial charge in [-0.3, -0.25) is 4.79 Å². The highest BCUT2D eigenvalue weighted by atomic mass is 32.2. The first-order valence-electron chi connectivity index (χ1n) is 8.17. The number of benzene rings is 1. The first kappa shape index (κ1) is 17.5. The van der Waals surface area contributed by atoms with E-state index in [0.29, 0.717) is 23.8 Å². The molecule has 2 aromatic rings. The molecule has 0 unspecified atom stereocenters. The Morgan fingerprint density at radius 2 is 2.04 bits per heavy atom. The molecule has 3 rings (SSSR count). The van der Waals surface area contributed by atoms with Crippen LogP contribution in [0.1, 0.15) is 32.1 Å². The fourth-order valence-corrected chi connectivity index (χ4v) is 3.53. The van der Waals surface area contributed by atoms with Crippen molar-refractivity contribution in [3.05, 3.63) is 36.3 Å². The van der Waals surface area contributed by atoms with Crippen molar-refractivity contribution in [1.82, 2.24) is 10.3 Å². The zero-order valence-electron chi connectivity index (χ0n) is 13.6. The van der Waals surface area contributed by atoms with E-state index in [0.717, 1.165) is 24.8 Å². The van der Waals surface area contributed by atoms with Crippen molar-refractivity contribution >= 4 is 17.7 Å². The van der Waals surface area contributed by atoms with Gasteiger partial charge < -0.3 is 9.73 Å². The van der Waals surface area contributed by atoms with Crippen LogP contribution in [0.5, 0.6) is 0 Å². The van der Waals surface area contributed by atoms with E-state index in [9.17, 15) is 14.4 Å². The lowest BCUT2D eigenvalue weighted by Crippen LogP contribution is -2.49. The summed E-state index contributed by atoms with van der Waals surface area (Å²) in [6.45, 7) is 0. The fraction of sp³-hybridized carbons (Fsp3) is 0.389. The molecule has 1 aliphatic carbocycles. The van der Waals surface area contributed by atoms with Gasteiger partial charge in [0.25, 0.3) is 5.22 Å². The first-order chi connectivity index (χ1) is 12.1. The Labute approximate surface area is 149 Å². The largest absolute Gasteiger partial charge is 0.431 e. The van der Waals surface area contributed by atoms with Gasteiger partial charge in [0.2, 0.25) is 5.91 Å². The molecule has 0 radical (unpaired) electrons. The molecule has 5 nitrogen and oxygen atoms in total. The SMILES string of the molecule is N#CC1(NC(=O)CSc2ncc(-c3ccc(F)cc3)o2)CCCCC1. The maximum Gasteiger partial charge on any atom is 0.256 e. The molecule has 0 aliphatic heterocycles. The molecule has 1 saturated carbocycles. The highest BCUT2D eigenvalue weighted by Crippen LogP contribution is 2.28. The van der Waals surface area contributed by atoms with Crippen molar-refractivity contribution in [2.24, 2.45) is 0 Å². The van der Waals surface area contributed by atoms with E-state index >= 15 is 0 Å². The number of amides is 1. The molecule has 1 amide bonds. The van der Waals surface area contributed by atoms with Crippen LogP contribution in [0.3, 0.4) is 0 Å². The summed E-state index contributed by atoms with van der Waals surface area (Å²) in [4.78, 5) is 16.3. The van der Waals surface area contributed by atoms with Crippen LogP contribution in [0.15, 0.2) is 40.1 Å². The lowest BCUT2D eigenvalue weighted by Gasteiger charge is -2.31. The van der Waals surface area contributed by atoms with E-state index in [4.69, 9.17) is 4.42 Å². The summed E-state index contributed by atoms with van der Waals surface area (Å²) in [6.07, 6.45) is 5.98. The van der Waals surface area contributed by atoms with Gasteiger partial charge in [-0.05, 0) is 37.1 Å². The average molecular weight is 359 g/mol. The Morgan fingerprint density at radius 1 is 1.32 bits per heavy atom. The van der Waals surface area contributed by atoms with Gasteiger partial charge >= 0.3 is 0 Å². The predicted octanol–water partition coefficient (Wildman–Crippen LogP) is 3.92. The van der Waals surface area contributed by atoms with Crippen molar-refractivity contribution in [2.45, 2.75) is 42.9 Å². The highest BCUT2D eigenvalue weighted by Gasteiger charge is 2.33. The molecule has 7 heteroatoms. The predicted molar refractivity (Wildman–Crippen MR) is 92.2 cm³/mol. The van der Waals surface area contributed by atoms with Gasteiger partial charge in [-0.2, -0.15) is 5.26 Å². The number of thioether (sulfide) groups is 1. The molecule has 0 saturated heterocycles. The number of nitriles is 1. The van der Waals surface area contributed by atoms with Crippen molar-refractivity contribution in [1.29, 1.82) is 5.26 Å². The van der Waals surface area contributed by atoms with Crippen LogP contribution in [-0.4, -0.2) is 22.2 Å². The number of aromatic nitrogens is 1. The van der Waals surface area contributed by atoms with Crippen LogP contribution < -0.4 is 5.32 Å². The summed E-state index contributed by atoms with van der Waals surface area (Å²) in [5, 5.41) is 12.6. The summed E-state index contributed by atoms with van der Waals surface area (Å²) >= 11 is 1.17. The molecule has 1 fully saturated rings.